The fourth-order valence-corrected chi connectivity index (χ4v) is 3.10. The number of carbonyl (C=O) groups excluding carboxylic acids is 1. The molecule has 3 nitrogen and oxygen atoms in total. The van der Waals surface area contributed by atoms with Crippen molar-refractivity contribution in [3.8, 4) is 0 Å². The lowest BCUT2D eigenvalue weighted by atomic mass is 9.90. The molecule has 0 heterocycles. The van der Waals surface area contributed by atoms with Crippen LogP contribution in [0.25, 0.3) is 0 Å². The van der Waals surface area contributed by atoms with Gasteiger partial charge in [-0.25, -0.2) is 0 Å². The van der Waals surface area contributed by atoms with Crippen molar-refractivity contribution in [2.75, 3.05) is 6.61 Å². The van der Waals surface area contributed by atoms with E-state index in [1.54, 1.807) is 0 Å². The first kappa shape index (κ1) is 16.0. The quantitative estimate of drug-likeness (QED) is 0.875. The Labute approximate surface area is 127 Å². The molecule has 0 radical (unpaired) electrons. The first-order chi connectivity index (χ1) is 10.3. The summed E-state index contributed by atoms with van der Waals surface area (Å²) in [6.45, 7) is -0.00659. The number of rotatable bonds is 5. The maximum Gasteiger partial charge on any atom is 0.223 e. The van der Waals surface area contributed by atoms with Crippen molar-refractivity contribution in [3.63, 3.8) is 0 Å². The summed E-state index contributed by atoms with van der Waals surface area (Å²) in [6, 6.07) is 9.84. The van der Waals surface area contributed by atoms with Crippen LogP contribution in [0, 0.1) is 5.92 Å². The summed E-state index contributed by atoms with van der Waals surface area (Å²) in [6.07, 6.45) is 8.79. The van der Waals surface area contributed by atoms with Crippen LogP contribution in [0.5, 0.6) is 0 Å². The van der Waals surface area contributed by atoms with Gasteiger partial charge in [-0.05, 0) is 24.8 Å². The maximum atomic E-state index is 12.4. The molecule has 0 saturated heterocycles. The third-order valence-corrected chi connectivity index (χ3v) is 4.37. The van der Waals surface area contributed by atoms with E-state index in [-0.39, 0.29) is 24.5 Å². The summed E-state index contributed by atoms with van der Waals surface area (Å²) in [7, 11) is 0. The lowest BCUT2D eigenvalue weighted by Gasteiger charge is -2.23. The zero-order valence-corrected chi connectivity index (χ0v) is 12.8. The molecule has 1 saturated carbocycles. The molecular formula is C18H27NO2. The molecule has 1 amide bonds. The highest BCUT2D eigenvalue weighted by molar-refractivity contribution is 5.79. The fourth-order valence-electron chi connectivity index (χ4n) is 3.10. The van der Waals surface area contributed by atoms with Gasteiger partial charge in [0, 0.05) is 5.92 Å². The summed E-state index contributed by atoms with van der Waals surface area (Å²) in [5.41, 5.74) is 1.15. The van der Waals surface area contributed by atoms with Crippen LogP contribution in [-0.2, 0) is 11.2 Å². The van der Waals surface area contributed by atoms with Crippen LogP contribution in [0.1, 0.15) is 50.5 Å². The Morgan fingerprint density at radius 3 is 2.33 bits per heavy atom. The number of hydrogen-bond donors (Lipinski definition) is 2. The van der Waals surface area contributed by atoms with Gasteiger partial charge < -0.3 is 10.4 Å². The van der Waals surface area contributed by atoms with Crippen LogP contribution in [0.3, 0.4) is 0 Å². The Hall–Kier alpha value is -1.35. The van der Waals surface area contributed by atoms with Crippen LogP contribution in [0.2, 0.25) is 0 Å². The normalized spacial score (nSPS) is 18.5. The second kappa shape index (κ2) is 8.83. The predicted molar refractivity (Wildman–Crippen MR) is 85.0 cm³/mol. The van der Waals surface area contributed by atoms with E-state index in [0.717, 1.165) is 31.2 Å². The molecule has 0 bridgehead atoms. The van der Waals surface area contributed by atoms with Gasteiger partial charge in [0.05, 0.1) is 12.6 Å². The number of carbonyl (C=O) groups is 1. The Morgan fingerprint density at radius 2 is 1.71 bits per heavy atom. The zero-order valence-electron chi connectivity index (χ0n) is 12.8. The van der Waals surface area contributed by atoms with Gasteiger partial charge >= 0.3 is 0 Å². The average molecular weight is 289 g/mol. The molecule has 1 aliphatic carbocycles. The number of aliphatic hydroxyl groups is 1. The van der Waals surface area contributed by atoms with Crippen molar-refractivity contribution >= 4 is 5.91 Å². The van der Waals surface area contributed by atoms with Gasteiger partial charge in [-0.3, -0.25) is 4.79 Å². The van der Waals surface area contributed by atoms with Gasteiger partial charge in [0.2, 0.25) is 5.91 Å². The summed E-state index contributed by atoms with van der Waals surface area (Å²) in [5, 5.41) is 12.6. The highest BCUT2D eigenvalue weighted by Gasteiger charge is 2.21. The van der Waals surface area contributed by atoms with Gasteiger partial charge in [0.15, 0.2) is 0 Å². The molecule has 116 valence electrons. The largest absolute Gasteiger partial charge is 0.394 e. The monoisotopic (exact) mass is 289 g/mol. The Kier molecular flexibility index (Phi) is 6.74. The van der Waals surface area contributed by atoms with Crippen molar-refractivity contribution in [1.29, 1.82) is 0 Å². The molecular weight excluding hydrogens is 262 g/mol. The smallest absolute Gasteiger partial charge is 0.223 e. The molecule has 1 fully saturated rings. The standard InChI is InChI=1S/C18H27NO2/c20-14-17(13-15-9-5-4-6-10-15)19-18(21)16-11-7-2-1-3-8-12-16/h4-6,9-10,16-17,20H,1-3,7-8,11-14H2,(H,19,21)/t17-/m1/s1. The SMILES string of the molecule is O=C(N[C@@H](CO)Cc1ccccc1)C1CCCCCCC1. The molecule has 2 rings (SSSR count). The van der Waals surface area contributed by atoms with Crippen molar-refractivity contribution < 1.29 is 9.90 Å². The van der Waals surface area contributed by atoms with Gasteiger partial charge in [-0.1, -0.05) is 62.4 Å². The molecule has 0 spiro atoms. The summed E-state index contributed by atoms with van der Waals surface area (Å²) < 4.78 is 0. The van der Waals surface area contributed by atoms with Crippen molar-refractivity contribution in [2.24, 2.45) is 5.92 Å². The molecule has 1 aromatic carbocycles. The molecule has 21 heavy (non-hydrogen) atoms. The minimum Gasteiger partial charge on any atom is -0.394 e. The summed E-state index contributed by atoms with van der Waals surface area (Å²) >= 11 is 0. The zero-order chi connectivity index (χ0) is 14.9. The Balaban J connectivity index is 1.86. The van der Waals surface area contributed by atoms with E-state index in [1.807, 2.05) is 30.3 Å². The Bertz CT molecular complexity index is 410. The van der Waals surface area contributed by atoms with E-state index in [9.17, 15) is 9.90 Å². The lowest BCUT2D eigenvalue weighted by molar-refractivity contribution is -0.126. The van der Waals surface area contributed by atoms with Gasteiger partial charge in [-0.15, -0.1) is 0 Å². The van der Waals surface area contributed by atoms with E-state index in [0.29, 0.717) is 6.42 Å². The number of amides is 1. The van der Waals surface area contributed by atoms with Crippen molar-refractivity contribution in [2.45, 2.75) is 57.4 Å². The first-order valence-corrected chi connectivity index (χ1v) is 8.24. The van der Waals surface area contributed by atoms with Crippen LogP contribution < -0.4 is 5.32 Å². The summed E-state index contributed by atoms with van der Waals surface area (Å²) in [4.78, 5) is 12.4. The van der Waals surface area contributed by atoms with Crippen LogP contribution >= 0.6 is 0 Å². The minimum absolute atomic E-state index is 0.00659. The second-order valence-corrected chi connectivity index (χ2v) is 6.12. The highest BCUT2D eigenvalue weighted by Crippen LogP contribution is 2.22. The maximum absolute atomic E-state index is 12.4. The molecule has 0 unspecified atom stereocenters. The third-order valence-electron chi connectivity index (χ3n) is 4.37. The van der Waals surface area contributed by atoms with E-state index in [1.165, 1.54) is 19.3 Å². The summed E-state index contributed by atoms with van der Waals surface area (Å²) in [5.74, 6) is 0.266. The number of aliphatic hydroxyl groups excluding tert-OH is 1. The molecule has 0 aliphatic heterocycles. The topological polar surface area (TPSA) is 49.3 Å². The molecule has 3 heteroatoms. The molecule has 1 aromatic rings. The fraction of sp³-hybridized carbons (Fsp3) is 0.611. The first-order valence-electron chi connectivity index (χ1n) is 8.24. The average Bonchev–Trinajstić information content (AvgIpc) is 2.47. The molecule has 0 aromatic heterocycles. The second-order valence-electron chi connectivity index (χ2n) is 6.12. The third kappa shape index (κ3) is 5.50. The van der Waals surface area contributed by atoms with Gasteiger partial charge in [0.25, 0.3) is 0 Å². The van der Waals surface area contributed by atoms with E-state index in [4.69, 9.17) is 0 Å². The molecule has 2 N–H and O–H groups in total. The highest BCUT2D eigenvalue weighted by atomic mass is 16.3. The number of benzene rings is 1. The lowest BCUT2D eigenvalue weighted by Crippen LogP contribution is -2.42. The predicted octanol–water partition coefficient (Wildman–Crippen LogP) is 3.07. The number of nitrogens with one attached hydrogen (secondary N) is 1. The van der Waals surface area contributed by atoms with Crippen LogP contribution in [0.4, 0.5) is 0 Å². The number of hydrogen-bond acceptors (Lipinski definition) is 2. The van der Waals surface area contributed by atoms with E-state index < -0.39 is 0 Å². The van der Waals surface area contributed by atoms with E-state index >= 15 is 0 Å². The van der Waals surface area contributed by atoms with Crippen LogP contribution in [0.15, 0.2) is 30.3 Å². The Morgan fingerprint density at radius 1 is 1.10 bits per heavy atom. The van der Waals surface area contributed by atoms with E-state index in [2.05, 4.69) is 5.32 Å². The van der Waals surface area contributed by atoms with Crippen LogP contribution in [-0.4, -0.2) is 23.7 Å². The van der Waals surface area contributed by atoms with Gasteiger partial charge in [-0.2, -0.15) is 0 Å². The molecule has 1 atom stereocenters. The van der Waals surface area contributed by atoms with Crippen molar-refractivity contribution in [1.82, 2.24) is 5.32 Å². The minimum atomic E-state index is -0.176. The van der Waals surface area contributed by atoms with Crippen molar-refractivity contribution in [3.05, 3.63) is 35.9 Å². The van der Waals surface area contributed by atoms with Gasteiger partial charge in [0.1, 0.15) is 0 Å². The molecule has 1 aliphatic rings.